The van der Waals surface area contributed by atoms with E-state index in [9.17, 15) is 0 Å². The molecule has 10 heavy (non-hydrogen) atoms. The third-order valence-electron chi connectivity index (χ3n) is 2.38. The van der Waals surface area contributed by atoms with Gasteiger partial charge >= 0.3 is 0 Å². The molecule has 0 amide bonds. The Morgan fingerprint density at radius 3 is 2.30 bits per heavy atom. The molecule has 0 saturated carbocycles. The fourth-order valence-electron chi connectivity index (χ4n) is 1.80. The molecule has 1 radical (unpaired) electrons. The molecule has 0 aromatic carbocycles. The molecule has 0 aromatic rings. The van der Waals surface area contributed by atoms with E-state index in [1.165, 1.54) is 45.3 Å². The number of hydrazine groups is 1. The minimum absolute atomic E-state index is 1.26. The quantitative estimate of drug-likeness (QED) is 0.539. The third-order valence-corrected chi connectivity index (χ3v) is 2.38. The van der Waals surface area contributed by atoms with Crippen molar-refractivity contribution < 1.29 is 0 Å². The highest BCUT2D eigenvalue weighted by Crippen LogP contribution is 2.19. The molecule has 0 atom stereocenters. The molecule has 2 aliphatic heterocycles. The normalized spacial score (nSPS) is 30.0. The maximum Gasteiger partial charge on any atom is 0.0416 e. The van der Waals surface area contributed by atoms with Gasteiger partial charge in [0.2, 0.25) is 0 Å². The van der Waals surface area contributed by atoms with Crippen molar-refractivity contribution in [1.82, 2.24) is 10.0 Å². The summed E-state index contributed by atoms with van der Waals surface area (Å²) in [4.78, 5) is 0. The highest BCUT2D eigenvalue weighted by atomic mass is 15.6. The first-order chi connectivity index (χ1) is 4.97. The van der Waals surface area contributed by atoms with Crippen LogP contribution < -0.4 is 0 Å². The molecule has 0 aliphatic carbocycles. The van der Waals surface area contributed by atoms with Gasteiger partial charge in [-0.2, -0.15) is 0 Å². The lowest BCUT2D eigenvalue weighted by Crippen LogP contribution is -2.35. The van der Waals surface area contributed by atoms with Crippen molar-refractivity contribution in [3.63, 3.8) is 0 Å². The molecule has 0 unspecified atom stereocenters. The molecule has 2 nitrogen and oxygen atoms in total. The zero-order valence-electron chi connectivity index (χ0n) is 6.42. The van der Waals surface area contributed by atoms with E-state index >= 15 is 0 Å². The van der Waals surface area contributed by atoms with Gasteiger partial charge < -0.3 is 0 Å². The first-order valence-electron chi connectivity index (χ1n) is 4.32. The Kier molecular flexibility index (Phi) is 1.91. The van der Waals surface area contributed by atoms with Crippen molar-refractivity contribution in [2.24, 2.45) is 0 Å². The lowest BCUT2D eigenvalue weighted by Gasteiger charge is -2.26. The molecular weight excluding hydrogens is 124 g/mol. The monoisotopic (exact) mass is 139 g/mol. The molecule has 2 heterocycles. The van der Waals surface area contributed by atoms with Crippen LogP contribution in [0.2, 0.25) is 0 Å². The van der Waals surface area contributed by atoms with E-state index in [1.807, 2.05) is 0 Å². The Labute approximate surface area is 62.8 Å². The lowest BCUT2D eigenvalue weighted by atomic mass is 10.4. The van der Waals surface area contributed by atoms with Crippen LogP contribution in [-0.2, 0) is 0 Å². The molecule has 0 spiro atoms. The number of nitrogens with zero attached hydrogens (tertiary/aromatic N) is 2. The smallest absolute Gasteiger partial charge is 0.0416 e. The zero-order chi connectivity index (χ0) is 6.81. The van der Waals surface area contributed by atoms with E-state index < -0.39 is 0 Å². The summed E-state index contributed by atoms with van der Waals surface area (Å²) in [6.07, 6.45) is 5.43. The van der Waals surface area contributed by atoms with E-state index in [-0.39, 0.29) is 0 Å². The molecule has 0 aromatic heterocycles. The Morgan fingerprint density at radius 1 is 0.900 bits per heavy atom. The summed E-state index contributed by atoms with van der Waals surface area (Å²) in [6, 6.07) is 0. The second-order valence-electron chi connectivity index (χ2n) is 3.15. The Balaban J connectivity index is 1.85. The molecular formula is C8H15N2. The van der Waals surface area contributed by atoms with Gasteiger partial charge in [0.1, 0.15) is 0 Å². The average molecular weight is 139 g/mol. The Morgan fingerprint density at radius 2 is 1.70 bits per heavy atom. The van der Waals surface area contributed by atoms with Crippen LogP contribution in [0.1, 0.15) is 25.7 Å². The minimum Gasteiger partial charge on any atom is -0.241 e. The molecule has 2 heteroatoms. The summed E-state index contributed by atoms with van der Waals surface area (Å²) in [5, 5.41) is 4.89. The summed E-state index contributed by atoms with van der Waals surface area (Å²) in [5.41, 5.74) is 0. The number of hydrogen-bond donors (Lipinski definition) is 0. The number of hydrogen-bond acceptors (Lipinski definition) is 2. The summed E-state index contributed by atoms with van der Waals surface area (Å²) in [6.45, 7) is 6.18. The van der Waals surface area contributed by atoms with Crippen molar-refractivity contribution in [3.05, 3.63) is 6.54 Å². The van der Waals surface area contributed by atoms with Crippen LogP contribution in [0.25, 0.3) is 0 Å². The van der Waals surface area contributed by atoms with Crippen LogP contribution in [0.3, 0.4) is 0 Å². The molecule has 2 aliphatic rings. The maximum atomic E-state index is 2.48. The Hall–Kier alpha value is -0.0800. The first kappa shape index (κ1) is 6.62. The second kappa shape index (κ2) is 2.89. The van der Waals surface area contributed by atoms with E-state index in [2.05, 4.69) is 16.6 Å². The zero-order valence-corrected chi connectivity index (χ0v) is 6.42. The van der Waals surface area contributed by atoms with Crippen LogP contribution in [-0.4, -0.2) is 29.7 Å². The van der Waals surface area contributed by atoms with Gasteiger partial charge in [-0.3, -0.25) is 0 Å². The minimum atomic E-state index is 1.26. The summed E-state index contributed by atoms with van der Waals surface area (Å²) in [5.74, 6) is 0. The van der Waals surface area contributed by atoms with Crippen LogP contribution in [0.15, 0.2) is 0 Å². The highest BCUT2D eigenvalue weighted by Gasteiger charge is 2.21. The Bertz CT molecular complexity index is 87.8. The van der Waals surface area contributed by atoms with Gasteiger partial charge in [-0.25, -0.2) is 10.0 Å². The van der Waals surface area contributed by atoms with E-state index in [4.69, 9.17) is 0 Å². The lowest BCUT2D eigenvalue weighted by molar-refractivity contribution is 0.0467. The van der Waals surface area contributed by atoms with Crippen molar-refractivity contribution in [1.29, 1.82) is 0 Å². The molecule has 2 fully saturated rings. The van der Waals surface area contributed by atoms with E-state index in [0.717, 1.165) is 0 Å². The van der Waals surface area contributed by atoms with Gasteiger partial charge in [0.05, 0.1) is 0 Å². The van der Waals surface area contributed by atoms with Crippen molar-refractivity contribution in [3.8, 4) is 0 Å². The van der Waals surface area contributed by atoms with E-state index in [0.29, 0.717) is 0 Å². The topological polar surface area (TPSA) is 6.48 Å². The maximum absolute atomic E-state index is 2.48. The fraction of sp³-hybridized carbons (Fsp3) is 0.875. The van der Waals surface area contributed by atoms with Crippen LogP contribution in [0.4, 0.5) is 0 Å². The van der Waals surface area contributed by atoms with Gasteiger partial charge in [0, 0.05) is 26.2 Å². The predicted molar refractivity (Wildman–Crippen MR) is 41.0 cm³/mol. The van der Waals surface area contributed by atoms with E-state index in [1.54, 1.807) is 0 Å². The standard InChI is InChI=1S/C8H15N2/c1-2-6-9(5-1)10-7-3-4-8-10/h5H,1-4,6-8H2. The van der Waals surface area contributed by atoms with Gasteiger partial charge in [-0.1, -0.05) is 0 Å². The molecule has 0 bridgehead atoms. The molecule has 2 saturated heterocycles. The summed E-state index contributed by atoms with van der Waals surface area (Å²) in [7, 11) is 0. The predicted octanol–water partition coefficient (Wildman–Crippen LogP) is 1.25. The SMILES string of the molecule is [CH]1CCCN1N1CCCC1. The molecule has 57 valence electrons. The fourth-order valence-corrected chi connectivity index (χ4v) is 1.80. The van der Waals surface area contributed by atoms with Crippen molar-refractivity contribution >= 4 is 0 Å². The molecule has 0 N–H and O–H groups in total. The van der Waals surface area contributed by atoms with Gasteiger partial charge in [0.25, 0.3) is 0 Å². The summed E-state index contributed by atoms with van der Waals surface area (Å²) < 4.78 is 0. The first-order valence-corrected chi connectivity index (χ1v) is 4.32. The van der Waals surface area contributed by atoms with Gasteiger partial charge in [-0.15, -0.1) is 0 Å². The van der Waals surface area contributed by atoms with Crippen molar-refractivity contribution in [2.45, 2.75) is 25.7 Å². The third kappa shape index (κ3) is 1.18. The number of rotatable bonds is 1. The summed E-state index contributed by atoms with van der Waals surface area (Å²) >= 11 is 0. The van der Waals surface area contributed by atoms with Crippen LogP contribution in [0.5, 0.6) is 0 Å². The van der Waals surface area contributed by atoms with Crippen molar-refractivity contribution in [2.75, 3.05) is 19.6 Å². The molecule has 2 rings (SSSR count). The second-order valence-corrected chi connectivity index (χ2v) is 3.15. The van der Waals surface area contributed by atoms with Crippen LogP contribution >= 0.6 is 0 Å². The highest BCUT2D eigenvalue weighted by molar-refractivity contribution is 4.77. The van der Waals surface area contributed by atoms with Gasteiger partial charge in [-0.05, 0) is 25.7 Å². The van der Waals surface area contributed by atoms with Crippen LogP contribution in [0, 0.1) is 6.54 Å². The largest absolute Gasteiger partial charge is 0.241 e. The average Bonchev–Trinajstić information content (AvgIpc) is 2.59. The van der Waals surface area contributed by atoms with Gasteiger partial charge in [0.15, 0.2) is 0 Å².